The molecule has 116 valence electrons. The SMILES string of the molecule is CC(C)N1CCC2(CC1)CN(S(C)(=O)=O)c1ccccc12. The molecule has 5 heteroatoms. The largest absolute Gasteiger partial charge is 0.301 e. The van der Waals surface area contributed by atoms with Gasteiger partial charge in [0.15, 0.2) is 0 Å². The Kier molecular flexibility index (Phi) is 3.53. The van der Waals surface area contributed by atoms with E-state index < -0.39 is 10.0 Å². The average molecular weight is 308 g/mol. The maximum Gasteiger partial charge on any atom is 0.232 e. The fourth-order valence-corrected chi connectivity index (χ4v) is 4.77. The minimum absolute atomic E-state index is 0.00502. The molecule has 0 radical (unpaired) electrons. The second kappa shape index (κ2) is 4.99. The first kappa shape index (κ1) is 14.9. The fraction of sp³-hybridized carbons (Fsp3) is 0.625. The van der Waals surface area contributed by atoms with Gasteiger partial charge in [0.25, 0.3) is 0 Å². The lowest BCUT2D eigenvalue weighted by Crippen LogP contribution is -2.47. The zero-order valence-electron chi connectivity index (χ0n) is 13.0. The minimum atomic E-state index is -3.20. The van der Waals surface area contributed by atoms with E-state index in [1.54, 1.807) is 4.31 Å². The number of piperidine rings is 1. The van der Waals surface area contributed by atoms with Crippen LogP contribution in [0.3, 0.4) is 0 Å². The molecule has 2 aliphatic heterocycles. The summed E-state index contributed by atoms with van der Waals surface area (Å²) in [6.07, 6.45) is 3.38. The zero-order chi connectivity index (χ0) is 15.3. The number of hydrogen-bond donors (Lipinski definition) is 0. The quantitative estimate of drug-likeness (QED) is 0.841. The molecule has 0 aliphatic carbocycles. The predicted octanol–water partition coefficient (Wildman–Crippen LogP) is 2.21. The van der Waals surface area contributed by atoms with Crippen LogP contribution in [-0.4, -0.2) is 45.2 Å². The van der Waals surface area contributed by atoms with Crippen LogP contribution < -0.4 is 4.31 Å². The van der Waals surface area contributed by atoms with E-state index in [0.717, 1.165) is 31.6 Å². The van der Waals surface area contributed by atoms with Gasteiger partial charge in [0.05, 0.1) is 11.9 Å². The van der Waals surface area contributed by atoms with Crippen molar-refractivity contribution in [3.63, 3.8) is 0 Å². The van der Waals surface area contributed by atoms with E-state index >= 15 is 0 Å². The molecule has 4 nitrogen and oxygen atoms in total. The summed E-state index contributed by atoms with van der Waals surface area (Å²) in [5.74, 6) is 0. The molecule has 0 saturated carbocycles. The molecule has 2 heterocycles. The monoisotopic (exact) mass is 308 g/mol. The third-order valence-corrected chi connectivity index (χ3v) is 6.20. The second-order valence-electron chi connectivity index (χ2n) is 6.70. The topological polar surface area (TPSA) is 40.6 Å². The Hall–Kier alpha value is -1.07. The van der Waals surface area contributed by atoms with Gasteiger partial charge >= 0.3 is 0 Å². The Labute approximate surface area is 127 Å². The second-order valence-corrected chi connectivity index (χ2v) is 8.60. The molecular weight excluding hydrogens is 284 g/mol. The maximum atomic E-state index is 12.1. The van der Waals surface area contributed by atoms with Crippen molar-refractivity contribution in [2.24, 2.45) is 0 Å². The highest BCUT2D eigenvalue weighted by atomic mass is 32.2. The normalized spacial score (nSPS) is 22.0. The van der Waals surface area contributed by atoms with Gasteiger partial charge in [-0.15, -0.1) is 0 Å². The summed E-state index contributed by atoms with van der Waals surface area (Å²) in [5.41, 5.74) is 2.11. The lowest BCUT2D eigenvalue weighted by atomic mass is 9.74. The molecular formula is C16H24N2O2S. The van der Waals surface area contributed by atoms with Crippen molar-refractivity contribution in [1.82, 2.24) is 4.90 Å². The molecule has 3 rings (SSSR count). The standard InChI is InChI=1S/C16H24N2O2S/c1-13(2)17-10-8-16(9-11-17)12-18(21(3,19)20)15-7-5-4-6-14(15)16/h4-7,13H,8-12H2,1-3H3. The first-order chi connectivity index (χ1) is 9.83. The van der Waals surface area contributed by atoms with Gasteiger partial charge in [-0.25, -0.2) is 8.42 Å². The summed E-state index contributed by atoms with van der Waals surface area (Å²) in [6, 6.07) is 8.58. The number of sulfonamides is 1. The molecule has 1 spiro atoms. The molecule has 1 aromatic rings. The Morgan fingerprint density at radius 3 is 2.33 bits per heavy atom. The van der Waals surface area contributed by atoms with Crippen LogP contribution in [0.15, 0.2) is 24.3 Å². The van der Waals surface area contributed by atoms with Crippen molar-refractivity contribution in [2.75, 3.05) is 30.2 Å². The smallest absolute Gasteiger partial charge is 0.232 e. The highest BCUT2D eigenvalue weighted by Gasteiger charge is 2.46. The summed E-state index contributed by atoms with van der Waals surface area (Å²) >= 11 is 0. The Bertz CT molecular complexity index is 631. The van der Waals surface area contributed by atoms with E-state index in [9.17, 15) is 8.42 Å². The molecule has 0 atom stereocenters. The molecule has 1 fully saturated rings. The molecule has 2 aliphatic rings. The first-order valence-electron chi connectivity index (χ1n) is 7.65. The number of benzene rings is 1. The van der Waals surface area contributed by atoms with Crippen LogP contribution in [-0.2, 0) is 15.4 Å². The van der Waals surface area contributed by atoms with Crippen molar-refractivity contribution >= 4 is 15.7 Å². The summed E-state index contributed by atoms with van der Waals surface area (Å²) in [4.78, 5) is 2.48. The van der Waals surface area contributed by atoms with Crippen molar-refractivity contribution < 1.29 is 8.42 Å². The number of hydrogen-bond acceptors (Lipinski definition) is 3. The molecule has 0 N–H and O–H groups in total. The van der Waals surface area contributed by atoms with Gasteiger partial charge in [0, 0.05) is 18.0 Å². The number of rotatable bonds is 2. The average Bonchev–Trinajstić information content (AvgIpc) is 2.75. The molecule has 0 unspecified atom stereocenters. The highest BCUT2D eigenvalue weighted by molar-refractivity contribution is 7.92. The molecule has 1 saturated heterocycles. The van der Waals surface area contributed by atoms with Crippen LogP contribution in [0.5, 0.6) is 0 Å². The van der Waals surface area contributed by atoms with Crippen LogP contribution >= 0.6 is 0 Å². The first-order valence-corrected chi connectivity index (χ1v) is 9.50. The van der Waals surface area contributed by atoms with Crippen LogP contribution in [0.4, 0.5) is 5.69 Å². The van der Waals surface area contributed by atoms with Crippen LogP contribution in [0.25, 0.3) is 0 Å². The third kappa shape index (κ3) is 2.46. The van der Waals surface area contributed by atoms with Crippen molar-refractivity contribution in [3.8, 4) is 0 Å². The Balaban J connectivity index is 1.96. The summed E-state index contributed by atoms with van der Waals surface area (Å²) in [6.45, 7) is 7.15. The highest BCUT2D eigenvalue weighted by Crippen LogP contribution is 2.47. The third-order valence-electron chi connectivity index (χ3n) is 5.08. The van der Waals surface area contributed by atoms with Crippen molar-refractivity contribution in [3.05, 3.63) is 29.8 Å². The molecule has 0 aromatic heterocycles. The number of nitrogens with zero attached hydrogens (tertiary/aromatic N) is 2. The van der Waals surface area contributed by atoms with Gasteiger partial charge in [-0.3, -0.25) is 4.31 Å². The Morgan fingerprint density at radius 1 is 1.14 bits per heavy atom. The van der Waals surface area contributed by atoms with Gasteiger partial charge in [-0.1, -0.05) is 18.2 Å². The van der Waals surface area contributed by atoms with Crippen molar-refractivity contribution in [2.45, 2.75) is 38.1 Å². The van der Waals surface area contributed by atoms with Crippen LogP contribution in [0, 0.1) is 0 Å². The number of fused-ring (bicyclic) bond motifs is 2. The minimum Gasteiger partial charge on any atom is -0.301 e. The predicted molar refractivity (Wildman–Crippen MR) is 86.3 cm³/mol. The van der Waals surface area contributed by atoms with E-state index in [0.29, 0.717) is 12.6 Å². The summed E-state index contributed by atoms with van der Waals surface area (Å²) in [7, 11) is -3.20. The maximum absolute atomic E-state index is 12.1. The van der Waals surface area contributed by atoms with Gasteiger partial charge < -0.3 is 4.90 Å². The van der Waals surface area contributed by atoms with Crippen LogP contribution in [0.1, 0.15) is 32.3 Å². The number of anilines is 1. The summed E-state index contributed by atoms with van der Waals surface area (Å²) in [5, 5.41) is 0. The number of para-hydroxylation sites is 1. The number of likely N-dealkylation sites (tertiary alicyclic amines) is 1. The summed E-state index contributed by atoms with van der Waals surface area (Å²) < 4.78 is 25.8. The van der Waals surface area contributed by atoms with Gasteiger partial charge in [-0.2, -0.15) is 0 Å². The molecule has 21 heavy (non-hydrogen) atoms. The van der Waals surface area contributed by atoms with E-state index in [1.807, 2.05) is 18.2 Å². The fourth-order valence-electron chi connectivity index (χ4n) is 3.78. The Morgan fingerprint density at radius 2 is 1.76 bits per heavy atom. The zero-order valence-corrected chi connectivity index (χ0v) is 13.9. The lowest BCUT2D eigenvalue weighted by molar-refractivity contribution is 0.136. The van der Waals surface area contributed by atoms with Crippen LogP contribution in [0.2, 0.25) is 0 Å². The van der Waals surface area contributed by atoms with Gasteiger partial charge in [0.2, 0.25) is 10.0 Å². The van der Waals surface area contributed by atoms with Crippen molar-refractivity contribution in [1.29, 1.82) is 0 Å². The van der Waals surface area contributed by atoms with E-state index in [2.05, 4.69) is 24.8 Å². The van der Waals surface area contributed by atoms with Gasteiger partial charge in [0.1, 0.15) is 0 Å². The van der Waals surface area contributed by atoms with E-state index in [4.69, 9.17) is 0 Å². The van der Waals surface area contributed by atoms with Gasteiger partial charge in [-0.05, 0) is 51.4 Å². The molecule has 0 amide bonds. The molecule has 0 bridgehead atoms. The lowest BCUT2D eigenvalue weighted by Gasteiger charge is -2.41. The van der Waals surface area contributed by atoms with E-state index in [1.165, 1.54) is 11.8 Å². The molecule has 1 aromatic carbocycles. The van der Waals surface area contributed by atoms with E-state index in [-0.39, 0.29) is 5.41 Å².